The van der Waals surface area contributed by atoms with Crippen LogP contribution >= 0.6 is 47.2 Å². The number of nitrogens with two attached hydrogens (primary N) is 2. The van der Waals surface area contributed by atoms with Gasteiger partial charge >= 0.3 is 6.18 Å². The third-order valence-electron chi connectivity index (χ3n) is 2.87. The summed E-state index contributed by atoms with van der Waals surface area (Å²) in [5.74, 6) is 0.129. The van der Waals surface area contributed by atoms with Crippen molar-refractivity contribution in [3.63, 3.8) is 0 Å². The van der Waals surface area contributed by atoms with Crippen molar-refractivity contribution in [3.8, 4) is 5.69 Å². The Hall–Kier alpha value is -1.16. The lowest BCUT2D eigenvalue weighted by atomic mass is 10.2. The minimum atomic E-state index is -4.57. The number of hydrogen-bond acceptors (Lipinski definition) is 4. The minimum absolute atomic E-state index is 0.000966. The lowest BCUT2D eigenvalue weighted by Crippen LogP contribution is -2.12. The van der Waals surface area contributed by atoms with Crippen molar-refractivity contribution in [2.45, 2.75) is 11.1 Å². The fourth-order valence-electron chi connectivity index (χ4n) is 1.88. The lowest BCUT2D eigenvalue weighted by Gasteiger charge is -2.13. The van der Waals surface area contributed by atoms with Crippen LogP contribution in [-0.2, 0) is 6.18 Å². The molecule has 0 aliphatic carbocycles. The average Bonchev–Trinajstić information content (AvgIpc) is 2.74. The van der Waals surface area contributed by atoms with Crippen LogP contribution in [0.2, 0.25) is 10.0 Å². The van der Waals surface area contributed by atoms with E-state index in [0.717, 1.165) is 16.8 Å². The van der Waals surface area contributed by atoms with Gasteiger partial charge < -0.3 is 11.5 Å². The highest BCUT2D eigenvalue weighted by Gasteiger charge is 2.32. The van der Waals surface area contributed by atoms with Gasteiger partial charge in [0.25, 0.3) is 0 Å². The molecule has 0 radical (unpaired) electrons. The molecule has 2 rings (SSSR count). The van der Waals surface area contributed by atoms with E-state index in [0.29, 0.717) is 4.90 Å². The Labute approximate surface area is 148 Å². The van der Waals surface area contributed by atoms with E-state index in [4.69, 9.17) is 46.9 Å². The standard InChI is InChI=1S/C12H9Cl2F3N4S2/c1-23-9-7(11(19)22)20-21(10(9)18)8-5(13)2-4(3-6(8)14)12(15,16)17/h2-3H,18H2,1H3,(H2,19,22). The van der Waals surface area contributed by atoms with E-state index in [1.807, 2.05) is 0 Å². The van der Waals surface area contributed by atoms with Crippen LogP contribution in [0.25, 0.3) is 5.69 Å². The van der Waals surface area contributed by atoms with Crippen LogP contribution in [0.5, 0.6) is 0 Å². The van der Waals surface area contributed by atoms with E-state index >= 15 is 0 Å². The zero-order chi connectivity index (χ0) is 17.5. The highest BCUT2D eigenvalue weighted by molar-refractivity contribution is 7.99. The molecule has 1 heterocycles. The molecule has 124 valence electrons. The molecule has 0 bridgehead atoms. The SMILES string of the molecule is CSc1c(C(N)=S)nn(-c2c(Cl)cc(C(F)(F)F)cc2Cl)c1N. The maximum atomic E-state index is 12.8. The maximum Gasteiger partial charge on any atom is 0.416 e. The maximum absolute atomic E-state index is 12.8. The molecule has 0 saturated carbocycles. The Kier molecular flexibility index (Phi) is 5.05. The number of rotatable bonds is 3. The number of aromatic nitrogens is 2. The molecule has 0 atom stereocenters. The van der Waals surface area contributed by atoms with E-state index < -0.39 is 11.7 Å². The summed E-state index contributed by atoms with van der Waals surface area (Å²) in [6.07, 6.45) is -2.84. The number of halogens is 5. The van der Waals surface area contributed by atoms with Gasteiger partial charge in [-0.2, -0.15) is 18.3 Å². The number of alkyl halides is 3. The average molecular weight is 401 g/mol. The molecule has 4 nitrogen and oxygen atoms in total. The van der Waals surface area contributed by atoms with Crippen molar-refractivity contribution in [2.24, 2.45) is 5.73 Å². The summed E-state index contributed by atoms with van der Waals surface area (Å²) in [5.41, 5.74) is 10.9. The van der Waals surface area contributed by atoms with Crippen LogP contribution in [0.1, 0.15) is 11.3 Å². The van der Waals surface area contributed by atoms with Crippen LogP contribution in [0, 0.1) is 0 Å². The normalized spacial score (nSPS) is 11.7. The Balaban J connectivity index is 2.71. The number of thioether (sulfide) groups is 1. The number of hydrogen-bond donors (Lipinski definition) is 2. The quantitative estimate of drug-likeness (QED) is 0.598. The molecule has 0 amide bonds. The third kappa shape index (κ3) is 3.37. The zero-order valence-corrected chi connectivity index (χ0v) is 14.6. The van der Waals surface area contributed by atoms with E-state index in [1.54, 1.807) is 6.26 Å². The topological polar surface area (TPSA) is 69.9 Å². The van der Waals surface area contributed by atoms with Crippen LogP contribution in [0.3, 0.4) is 0 Å². The van der Waals surface area contributed by atoms with E-state index in [9.17, 15) is 13.2 Å². The van der Waals surface area contributed by atoms with Gasteiger partial charge in [-0.05, 0) is 18.4 Å². The molecule has 0 saturated heterocycles. The van der Waals surface area contributed by atoms with Gasteiger partial charge in [-0.25, -0.2) is 4.68 Å². The van der Waals surface area contributed by atoms with Crippen LogP contribution < -0.4 is 11.5 Å². The summed E-state index contributed by atoms with van der Waals surface area (Å²) in [6, 6.07) is 1.51. The Morgan fingerprint density at radius 2 is 1.83 bits per heavy atom. The van der Waals surface area contributed by atoms with Gasteiger partial charge in [0.05, 0.1) is 20.5 Å². The predicted molar refractivity (Wildman–Crippen MR) is 90.7 cm³/mol. The first-order chi connectivity index (χ1) is 10.6. The molecule has 11 heteroatoms. The molecule has 1 aromatic carbocycles. The molecule has 1 aromatic heterocycles. The molecule has 23 heavy (non-hydrogen) atoms. The molecule has 2 aromatic rings. The van der Waals surface area contributed by atoms with Gasteiger partial charge in [0, 0.05) is 0 Å². The van der Waals surface area contributed by atoms with Crippen molar-refractivity contribution < 1.29 is 13.2 Å². The van der Waals surface area contributed by atoms with Gasteiger partial charge in [-0.15, -0.1) is 11.8 Å². The monoisotopic (exact) mass is 400 g/mol. The smallest absolute Gasteiger partial charge is 0.388 e. The van der Waals surface area contributed by atoms with Crippen molar-refractivity contribution in [3.05, 3.63) is 33.4 Å². The number of nitrogen functional groups attached to an aromatic ring is 1. The summed E-state index contributed by atoms with van der Waals surface area (Å²) in [6.45, 7) is 0. The number of thiocarbonyl (C=S) groups is 1. The molecule has 0 unspecified atom stereocenters. The van der Waals surface area contributed by atoms with Crippen LogP contribution in [-0.4, -0.2) is 21.0 Å². The Morgan fingerprint density at radius 3 is 2.17 bits per heavy atom. The van der Waals surface area contributed by atoms with Gasteiger partial charge in [-0.1, -0.05) is 35.4 Å². The summed E-state index contributed by atoms with van der Waals surface area (Å²) >= 11 is 18.1. The van der Waals surface area contributed by atoms with Crippen molar-refractivity contribution in [2.75, 3.05) is 12.0 Å². The van der Waals surface area contributed by atoms with Crippen LogP contribution in [0.4, 0.5) is 19.0 Å². The number of nitrogens with zero attached hydrogens (tertiary/aromatic N) is 2. The van der Waals surface area contributed by atoms with Crippen molar-refractivity contribution in [1.82, 2.24) is 9.78 Å². The largest absolute Gasteiger partial charge is 0.416 e. The van der Waals surface area contributed by atoms with Gasteiger partial charge in [0.15, 0.2) is 0 Å². The summed E-state index contributed by atoms with van der Waals surface area (Å²) in [4.78, 5) is 0.489. The molecule has 0 aliphatic heterocycles. The molecule has 0 fully saturated rings. The fraction of sp³-hybridized carbons (Fsp3) is 0.167. The number of benzene rings is 1. The second kappa shape index (κ2) is 6.39. The second-order valence-electron chi connectivity index (χ2n) is 4.33. The van der Waals surface area contributed by atoms with E-state index in [-0.39, 0.29) is 32.2 Å². The molecule has 0 spiro atoms. The highest BCUT2D eigenvalue weighted by Crippen LogP contribution is 2.39. The minimum Gasteiger partial charge on any atom is -0.388 e. The first-order valence-electron chi connectivity index (χ1n) is 5.86. The van der Waals surface area contributed by atoms with Crippen molar-refractivity contribution >= 4 is 58.0 Å². The number of anilines is 1. The van der Waals surface area contributed by atoms with Crippen molar-refractivity contribution in [1.29, 1.82) is 0 Å². The highest BCUT2D eigenvalue weighted by atomic mass is 35.5. The first kappa shape index (κ1) is 18.2. The second-order valence-corrected chi connectivity index (χ2v) is 6.40. The molecular weight excluding hydrogens is 392 g/mol. The predicted octanol–water partition coefficient (Wildman–Crippen LogP) is 4.14. The third-order valence-corrected chi connectivity index (χ3v) is 4.45. The zero-order valence-electron chi connectivity index (χ0n) is 11.4. The molecular formula is C12H9Cl2F3N4S2. The molecule has 4 N–H and O–H groups in total. The Bertz CT molecular complexity index is 766. The van der Waals surface area contributed by atoms with Gasteiger partial charge in [0.1, 0.15) is 22.2 Å². The van der Waals surface area contributed by atoms with E-state index in [2.05, 4.69) is 5.10 Å². The van der Waals surface area contributed by atoms with E-state index in [1.165, 1.54) is 11.8 Å². The molecule has 0 aliphatic rings. The lowest BCUT2D eigenvalue weighted by molar-refractivity contribution is -0.137. The van der Waals surface area contributed by atoms with Crippen LogP contribution in [0.15, 0.2) is 17.0 Å². The fourth-order valence-corrected chi connectivity index (χ4v) is 3.38. The Morgan fingerprint density at radius 1 is 1.30 bits per heavy atom. The van der Waals surface area contributed by atoms with Gasteiger partial charge in [0.2, 0.25) is 0 Å². The summed E-state index contributed by atoms with van der Waals surface area (Å²) < 4.78 is 39.5. The summed E-state index contributed by atoms with van der Waals surface area (Å²) in [7, 11) is 0. The van der Waals surface area contributed by atoms with Gasteiger partial charge in [-0.3, -0.25) is 0 Å². The summed E-state index contributed by atoms with van der Waals surface area (Å²) in [5, 5.41) is 3.62. The first-order valence-corrected chi connectivity index (χ1v) is 8.25.